The Hall–Kier alpha value is -3.02. The fraction of sp³-hybridized carbons (Fsp3) is 0.300. The first-order valence-corrected chi connectivity index (χ1v) is 8.40. The first kappa shape index (κ1) is 17.8. The number of benzene rings is 1. The number of pyridine rings is 1. The van der Waals surface area contributed by atoms with Crippen molar-refractivity contribution in [2.45, 2.75) is 33.2 Å². The van der Waals surface area contributed by atoms with Gasteiger partial charge in [-0.1, -0.05) is 12.1 Å². The maximum atomic E-state index is 12.9. The van der Waals surface area contributed by atoms with E-state index in [9.17, 15) is 14.4 Å². The van der Waals surface area contributed by atoms with Crippen LogP contribution in [0.4, 0.5) is 4.79 Å². The monoisotopic (exact) mass is 351 g/mol. The first-order valence-electron chi connectivity index (χ1n) is 8.40. The van der Waals surface area contributed by atoms with E-state index in [1.165, 1.54) is 0 Å². The number of Topliss-reactive ketones (excluding diaryl/α,β-unsaturated/α-hetero) is 1. The zero-order valence-electron chi connectivity index (χ0n) is 15.3. The molecule has 2 aromatic rings. The highest BCUT2D eigenvalue weighted by Gasteiger charge is 2.50. The van der Waals surface area contributed by atoms with Gasteiger partial charge in [-0.05, 0) is 62.6 Å². The molecule has 6 nitrogen and oxygen atoms in total. The Morgan fingerprint density at radius 2 is 1.81 bits per heavy atom. The summed E-state index contributed by atoms with van der Waals surface area (Å²) in [6, 6.07) is 8.32. The average molecular weight is 351 g/mol. The molecule has 0 bridgehead atoms. The van der Waals surface area contributed by atoms with Gasteiger partial charge in [0.2, 0.25) is 0 Å². The van der Waals surface area contributed by atoms with Crippen LogP contribution in [0, 0.1) is 20.8 Å². The second kappa shape index (κ2) is 6.37. The molecule has 3 rings (SSSR count). The Bertz CT molecular complexity index is 908. The van der Waals surface area contributed by atoms with E-state index in [2.05, 4.69) is 10.3 Å². The van der Waals surface area contributed by atoms with Crippen LogP contribution in [-0.2, 0) is 10.3 Å². The van der Waals surface area contributed by atoms with Gasteiger partial charge in [-0.15, -0.1) is 0 Å². The van der Waals surface area contributed by atoms with Crippen molar-refractivity contribution in [1.29, 1.82) is 0 Å². The topological polar surface area (TPSA) is 79.4 Å². The van der Waals surface area contributed by atoms with Crippen LogP contribution in [0.25, 0.3) is 0 Å². The standard InChI is InChI=1S/C20H21N3O3/c1-12-9-14(3)15(10-13(12)2)16(24)11-23-18(25)20(4,22-19(23)26)17-7-5-6-8-21-17/h5-10H,11H2,1-4H3,(H,22,26). The molecule has 0 aliphatic carbocycles. The minimum atomic E-state index is -1.27. The van der Waals surface area contributed by atoms with Crippen LogP contribution in [0.2, 0.25) is 0 Å². The number of urea groups is 1. The van der Waals surface area contributed by atoms with Crippen LogP contribution < -0.4 is 5.32 Å². The molecule has 1 aromatic carbocycles. The third-order valence-corrected chi connectivity index (χ3v) is 4.89. The predicted octanol–water partition coefficient (Wildman–Crippen LogP) is 2.66. The molecule has 0 radical (unpaired) electrons. The van der Waals surface area contributed by atoms with E-state index in [-0.39, 0.29) is 12.3 Å². The van der Waals surface area contributed by atoms with Crippen molar-refractivity contribution >= 4 is 17.7 Å². The van der Waals surface area contributed by atoms with E-state index in [4.69, 9.17) is 0 Å². The smallest absolute Gasteiger partial charge is 0.318 e. The van der Waals surface area contributed by atoms with Crippen molar-refractivity contribution in [3.63, 3.8) is 0 Å². The summed E-state index contributed by atoms with van der Waals surface area (Å²) in [6.07, 6.45) is 1.56. The number of nitrogens with zero attached hydrogens (tertiary/aromatic N) is 2. The Kier molecular flexibility index (Phi) is 4.36. The molecule has 1 aliphatic rings. The quantitative estimate of drug-likeness (QED) is 0.678. The van der Waals surface area contributed by atoms with Gasteiger partial charge < -0.3 is 5.32 Å². The molecular formula is C20H21N3O3. The summed E-state index contributed by atoms with van der Waals surface area (Å²) in [6.45, 7) is 7.06. The van der Waals surface area contributed by atoms with Crippen LogP contribution in [0.3, 0.4) is 0 Å². The number of imide groups is 1. The number of aryl methyl sites for hydroxylation is 3. The van der Waals surface area contributed by atoms with Crippen molar-refractivity contribution in [3.8, 4) is 0 Å². The third-order valence-electron chi connectivity index (χ3n) is 4.89. The minimum absolute atomic E-state index is 0.264. The van der Waals surface area contributed by atoms with Crippen molar-refractivity contribution < 1.29 is 14.4 Å². The lowest BCUT2D eigenvalue weighted by molar-refractivity contribution is -0.130. The summed E-state index contributed by atoms with van der Waals surface area (Å²) in [5, 5.41) is 2.66. The molecule has 134 valence electrons. The number of aromatic nitrogens is 1. The molecular weight excluding hydrogens is 330 g/mol. The molecule has 6 heteroatoms. The van der Waals surface area contributed by atoms with Gasteiger partial charge in [0.25, 0.3) is 5.91 Å². The molecule has 1 aliphatic heterocycles. The lowest BCUT2D eigenvalue weighted by Crippen LogP contribution is -2.42. The van der Waals surface area contributed by atoms with Crippen LogP contribution in [0.1, 0.15) is 39.7 Å². The summed E-state index contributed by atoms with van der Waals surface area (Å²) in [4.78, 5) is 43.1. The van der Waals surface area contributed by atoms with Crippen molar-refractivity contribution in [1.82, 2.24) is 15.2 Å². The van der Waals surface area contributed by atoms with Gasteiger partial charge in [-0.25, -0.2) is 4.79 Å². The summed E-state index contributed by atoms with van der Waals surface area (Å²) in [7, 11) is 0. The molecule has 0 spiro atoms. The van der Waals surface area contributed by atoms with Gasteiger partial charge in [0.1, 0.15) is 0 Å². The van der Waals surface area contributed by atoms with E-state index in [0.717, 1.165) is 21.6 Å². The van der Waals surface area contributed by atoms with Crippen LogP contribution in [0.15, 0.2) is 36.5 Å². The highest BCUT2D eigenvalue weighted by molar-refractivity contribution is 6.11. The van der Waals surface area contributed by atoms with Gasteiger partial charge in [-0.3, -0.25) is 19.5 Å². The summed E-state index contributed by atoms with van der Waals surface area (Å²) < 4.78 is 0. The number of hydrogen-bond acceptors (Lipinski definition) is 4. The van der Waals surface area contributed by atoms with Gasteiger partial charge in [-0.2, -0.15) is 0 Å². The van der Waals surface area contributed by atoms with Gasteiger partial charge >= 0.3 is 6.03 Å². The van der Waals surface area contributed by atoms with Crippen LogP contribution in [0.5, 0.6) is 0 Å². The molecule has 1 aromatic heterocycles. The van der Waals surface area contributed by atoms with Gasteiger partial charge in [0, 0.05) is 11.8 Å². The highest BCUT2D eigenvalue weighted by Crippen LogP contribution is 2.27. The maximum Gasteiger partial charge on any atom is 0.325 e. The Morgan fingerprint density at radius 1 is 1.12 bits per heavy atom. The fourth-order valence-corrected chi connectivity index (χ4v) is 3.16. The van der Waals surface area contributed by atoms with Gasteiger partial charge in [0.05, 0.1) is 12.2 Å². The van der Waals surface area contributed by atoms with Crippen molar-refractivity contribution in [2.24, 2.45) is 0 Å². The fourth-order valence-electron chi connectivity index (χ4n) is 3.16. The largest absolute Gasteiger partial charge is 0.325 e. The van der Waals surface area contributed by atoms with Crippen molar-refractivity contribution in [2.75, 3.05) is 6.54 Å². The average Bonchev–Trinajstić information content (AvgIpc) is 2.83. The Balaban J connectivity index is 1.87. The van der Waals surface area contributed by atoms with E-state index in [1.54, 1.807) is 31.3 Å². The molecule has 1 fully saturated rings. The molecule has 3 amide bonds. The molecule has 2 heterocycles. The number of ketones is 1. The van der Waals surface area contributed by atoms with E-state index < -0.39 is 17.5 Å². The number of rotatable bonds is 4. The maximum absolute atomic E-state index is 12.9. The van der Waals surface area contributed by atoms with Crippen LogP contribution in [-0.4, -0.2) is 34.2 Å². The molecule has 1 saturated heterocycles. The lowest BCUT2D eigenvalue weighted by Gasteiger charge is -2.20. The molecule has 1 atom stereocenters. The van der Waals surface area contributed by atoms with E-state index in [1.807, 2.05) is 32.9 Å². The zero-order valence-corrected chi connectivity index (χ0v) is 15.3. The second-order valence-electron chi connectivity index (χ2n) is 6.84. The normalized spacial score (nSPS) is 19.6. The first-order chi connectivity index (χ1) is 12.2. The predicted molar refractivity (Wildman–Crippen MR) is 96.8 cm³/mol. The molecule has 1 N–H and O–H groups in total. The van der Waals surface area contributed by atoms with Crippen molar-refractivity contribution in [3.05, 3.63) is 64.5 Å². The number of hydrogen-bond donors (Lipinski definition) is 1. The number of amides is 3. The van der Waals surface area contributed by atoms with Crippen LogP contribution >= 0.6 is 0 Å². The zero-order chi connectivity index (χ0) is 19.1. The van der Waals surface area contributed by atoms with E-state index >= 15 is 0 Å². The molecule has 0 saturated carbocycles. The van der Waals surface area contributed by atoms with Gasteiger partial charge in [0.15, 0.2) is 11.3 Å². The minimum Gasteiger partial charge on any atom is -0.318 e. The summed E-state index contributed by atoms with van der Waals surface area (Å²) >= 11 is 0. The number of carbonyl (C=O) groups is 3. The lowest BCUT2D eigenvalue weighted by atomic mass is 9.96. The summed E-state index contributed by atoms with van der Waals surface area (Å²) in [5.41, 5.74) is 2.62. The van der Waals surface area contributed by atoms with E-state index in [0.29, 0.717) is 11.3 Å². The second-order valence-corrected chi connectivity index (χ2v) is 6.84. The summed E-state index contributed by atoms with van der Waals surface area (Å²) in [5.74, 6) is -0.740. The third kappa shape index (κ3) is 2.87. The Labute approximate surface area is 152 Å². The number of nitrogens with one attached hydrogen (secondary N) is 1. The SMILES string of the molecule is Cc1cc(C)c(C(=O)CN2C(=O)NC(C)(c3ccccn3)C2=O)cc1C. The molecule has 26 heavy (non-hydrogen) atoms. The Morgan fingerprint density at radius 3 is 2.46 bits per heavy atom. The number of carbonyl (C=O) groups excluding carboxylic acids is 3. The molecule has 1 unspecified atom stereocenters. The highest BCUT2D eigenvalue weighted by atomic mass is 16.2.